The first-order valence-electron chi connectivity index (χ1n) is 7.06. The molecule has 1 rings (SSSR count). The van der Waals surface area contributed by atoms with E-state index in [2.05, 4.69) is 10.3 Å². The molecule has 0 heterocycles. The van der Waals surface area contributed by atoms with E-state index in [1.165, 1.54) is 0 Å². The lowest BCUT2D eigenvalue weighted by Crippen LogP contribution is -2.36. The highest BCUT2D eigenvalue weighted by Crippen LogP contribution is 2.13. The van der Waals surface area contributed by atoms with E-state index in [1.54, 1.807) is 12.1 Å². The van der Waals surface area contributed by atoms with Crippen LogP contribution < -0.4 is 11.1 Å². The van der Waals surface area contributed by atoms with E-state index in [4.69, 9.17) is 10.5 Å². The topological polar surface area (TPSA) is 76.7 Å². The second-order valence-electron chi connectivity index (χ2n) is 6.20. The molecular weight excluding hydrogens is 266 g/mol. The number of carbonyl (C=O) groups is 1. The molecule has 0 aromatic heterocycles. The normalized spacial score (nSPS) is 12.4. The molecule has 5 heteroatoms. The fourth-order valence-corrected chi connectivity index (χ4v) is 1.65. The monoisotopic (exact) mass is 291 g/mol. The van der Waals surface area contributed by atoms with E-state index in [1.807, 2.05) is 46.8 Å². The van der Waals surface area contributed by atoms with Gasteiger partial charge in [0.05, 0.1) is 12.1 Å². The second-order valence-corrected chi connectivity index (χ2v) is 6.20. The summed E-state index contributed by atoms with van der Waals surface area (Å²) in [5.41, 5.74) is 6.68. The first kappa shape index (κ1) is 17.0. The zero-order valence-electron chi connectivity index (χ0n) is 13.4. The van der Waals surface area contributed by atoms with Crippen LogP contribution in [0.3, 0.4) is 0 Å². The first-order valence-corrected chi connectivity index (χ1v) is 7.06. The van der Waals surface area contributed by atoms with Crippen molar-refractivity contribution in [2.75, 3.05) is 0 Å². The van der Waals surface area contributed by atoms with Crippen LogP contribution in [0.15, 0.2) is 29.3 Å². The van der Waals surface area contributed by atoms with Gasteiger partial charge in [-0.2, -0.15) is 0 Å². The Labute approximate surface area is 126 Å². The average molecular weight is 291 g/mol. The summed E-state index contributed by atoms with van der Waals surface area (Å²) >= 11 is 0. The third-order valence-electron chi connectivity index (χ3n) is 2.43. The number of guanidine groups is 1. The summed E-state index contributed by atoms with van der Waals surface area (Å²) in [7, 11) is 0. The van der Waals surface area contributed by atoms with Crippen LogP contribution in [-0.2, 0) is 11.3 Å². The smallest absolute Gasteiger partial charge is 0.338 e. The van der Waals surface area contributed by atoms with Crippen molar-refractivity contribution in [1.29, 1.82) is 0 Å². The minimum atomic E-state index is -0.503. The van der Waals surface area contributed by atoms with Crippen molar-refractivity contribution in [3.8, 4) is 0 Å². The zero-order valence-corrected chi connectivity index (χ0v) is 13.4. The fraction of sp³-hybridized carbons (Fsp3) is 0.500. The number of nitrogens with zero attached hydrogens (tertiary/aromatic N) is 1. The van der Waals surface area contributed by atoms with Crippen LogP contribution in [0.1, 0.15) is 50.5 Å². The number of hydrogen-bond acceptors (Lipinski definition) is 3. The summed E-state index contributed by atoms with van der Waals surface area (Å²) in [6.45, 7) is 9.94. The van der Waals surface area contributed by atoms with Gasteiger partial charge in [-0.15, -0.1) is 0 Å². The summed E-state index contributed by atoms with van der Waals surface area (Å²) in [4.78, 5) is 16.2. The van der Waals surface area contributed by atoms with Gasteiger partial charge in [0.2, 0.25) is 0 Å². The molecule has 3 N–H and O–H groups in total. The number of nitrogens with one attached hydrogen (secondary N) is 1. The van der Waals surface area contributed by atoms with Crippen molar-refractivity contribution in [3.05, 3.63) is 35.4 Å². The molecule has 21 heavy (non-hydrogen) atoms. The van der Waals surface area contributed by atoms with Gasteiger partial charge in [-0.3, -0.25) is 0 Å². The number of nitrogens with two attached hydrogens (primary N) is 1. The Bertz CT molecular complexity index is 516. The van der Waals surface area contributed by atoms with Gasteiger partial charge in [0, 0.05) is 6.04 Å². The summed E-state index contributed by atoms with van der Waals surface area (Å²) in [5, 5.41) is 3.02. The molecule has 116 valence electrons. The van der Waals surface area contributed by atoms with Crippen molar-refractivity contribution in [2.24, 2.45) is 10.7 Å². The van der Waals surface area contributed by atoms with Crippen LogP contribution in [0.4, 0.5) is 0 Å². The van der Waals surface area contributed by atoms with Crippen LogP contribution in [-0.4, -0.2) is 23.6 Å². The maximum Gasteiger partial charge on any atom is 0.338 e. The van der Waals surface area contributed by atoms with E-state index in [9.17, 15) is 4.79 Å². The summed E-state index contributed by atoms with van der Waals surface area (Å²) < 4.78 is 5.35. The second kappa shape index (κ2) is 7.11. The van der Waals surface area contributed by atoms with E-state index in [0.717, 1.165) is 5.56 Å². The first-order chi connectivity index (χ1) is 9.67. The lowest BCUT2D eigenvalue weighted by Gasteiger charge is -2.19. The van der Waals surface area contributed by atoms with Crippen LogP contribution in [0, 0.1) is 0 Å². The molecule has 1 aromatic carbocycles. The molecule has 0 unspecified atom stereocenters. The quantitative estimate of drug-likeness (QED) is 0.507. The number of ether oxygens (including phenoxy) is 1. The van der Waals surface area contributed by atoms with E-state index >= 15 is 0 Å². The van der Waals surface area contributed by atoms with Crippen molar-refractivity contribution >= 4 is 11.9 Å². The lowest BCUT2D eigenvalue weighted by molar-refractivity contribution is 0.00694. The van der Waals surface area contributed by atoms with Gasteiger partial charge in [-0.1, -0.05) is 12.1 Å². The standard InChI is InChI=1S/C16H25N3O2/c1-11(2)19-15(17)18-10-12-7-6-8-13(9-12)14(20)21-16(3,4)5/h6-9,11H,10H2,1-5H3,(H3,17,18,19). The molecule has 0 bridgehead atoms. The molecular formula is C16H25N3O2. The molecule has 0 spiro atoms. The van der Waals surface area contributed by atoms with E-state index in [0.29, 0.717) is 18.1 Å². The molecule has 0 aliphatic carbocycles. The lowest BCUT2D eigenvalue weighted by atomic mass is 10.1. The highest BCUT2D eigenvalue weighted by molar-refractivity contribution is 5.89. The Balaban J connectivity index is 2.75. The van der Waals surface area contributed by atoms with Crippen LogP contribution >= 0.6 is 0 Å². The Kier molecular flexibility index (Phi) is 5.76. The SMILES string of the molecule is CC(C)NC(N)=NCc1cccc(C(=O)OC(C)(C)C)c1. The predicted molar refractivity (Wildman–Crippen MR) is 85.2 cm³/mol. The van der Waals surface area contributed by atoms with Gasteiger partial charge >= 0.3 is 5.97 Å². The Morgan fingerprint density at radius 3 is 2.62 bits per heavy atom. The van der Waals surface area contributed by atoms with E-state index < -0.39 is 5.60 Å². The van der Waals surface area contributed by atoms with Gasteiger partial charge in [-0.25, -0.2) is 9.79 Å². The highest BCUT2D eigenvalue weighted by Gasteiger charge is 2.17. The maximum atomic E-state index is 12.0. The third kappa shape index (κ3) is 6.79. The molecule has 0 atom stereocenters. The van der Waals surface area contributed by atoms with Gasteiger partial charge in [0.25, 0.3) is 0 Å². The average Bonchev–Trinajstić information content (AvgIpc) is 2.34. The molecule has 0 saturated carbocycles. The molecule has 0 fully saturated rings. The molecule has 0 aliphatic heterocycles. The van der Waals surface area contributed by atoms with Crippen LogP contribution in [0.25, 0.3) is 0 Å². The van der Waals surface area contributed by atoms with Gasteiger partial charge in [0.1, 0.15) is 5.60 Å². The van der Waals surface area contributed by atoms with Crippen LogP contribution in [0.5, 0.6) is 0 Å². The molecule has 0 saturated heterocycles. The molecule has 0 radical (unpaired) electrons. The number of carbonyl (C=O) groups excluding carboxylic acids is 1. The zero-order chi connectivity index (χ0) is 16.0. The Hall–Kier alpha value is -2.04. The van der Waals surface area contributed by atoms with Crippen molar-refractivity contribution in [1.82, 2.24) is 5.32 Å². The van der Waals surface area contributed by atoms with Crippen molar-refractivity contribution < 1.29 is 9.53 Å². The Morgan fingerprint density at radius 1 is 1.38 bits per heavy atom. The largest absolute Gasteiger partial charge is 0.456 e. The summed E-state index contributed by atoms with van der Waals surface area (Å²) in [6.07, 6.45) is 0. The number of rotatable bonds is 4. The minimum absolute atomic E-state index is 0.238. The van der Waals surface area contributed by atoms with Gasteiger partial charge in [-0.05, 0) is 52.3 Å². The van der Waals surface area contributed by atoms with Gasteiger partial charge < -0.3 is 15.8 Å². The molecule has 0 aliphatic rings. The number of aliphatic imine (C=N–C) groups is 1. The van der Waals surface area contributed by atoms with Crippen LogP contribution in [0.2, 0.25) is 0 Å². The number of hydrogen-bond donors (Lipinski definition) is 2. The maximum absolute atomic E-state index is 12.0. The Morgan fingerprint density at radius 2 is 2.05 bits per heavy atom. The molecule has 0 amide bonds. The summed E-state index contributed by atoms with van der Waals surface area (Å²) in [6, 6.07) is 7.47. The number of esters is 1. The fourth-order valence-electron chi connectivity index (χ4n) is 1.65. The third-order valence-corrected chi connectivity index (χ3v) is 2.43. The minimum Gasteiger partial charge on any atom is -0.456 e. The molecule has 1 aromatic rings. The highest BCUT2D eigenvalue weighted by atomic mass is 16.6. The number of benzene rings is 1. The molecule has 5 nitrogen and oxygen atoms in total. The van der Waals surface area contributed by atoms with Gasteiger partial charge in [0.15, 0.2) is 5.96 Å². The van der Waals surface area contributed by atoms with E-state index in [-0.39, 0.29) is 12.0 Å². The van der Waals surface area contributed by atoms with Crippen molar-refractivity contribution in [2.45, 2.75) is 52.8 Å². The summed E-state index contributed by atoms with van der Waals surface area (Å²) in [5.74, 6) is 0.0641. The van der Waals surface area contributed by atoms with Crippen molar-refractivity contribution in [3.63, 3.8) is 0 Å². The predicted octanol–water partition coefficient (Wildman–Crippen LogP) is 2.45.